The third-order valence-electron chi connectivity index (χ3n) is 4.95. The van der Waals surface area contributed by atoms with E-state index in [9.17, 15) is 9.18 Å². The van der Waals surface area contributed by atoms with Gasteiger partial charge in [0.25, 0.3) is 0 Å². The largest absolute Gasteiger partial charge is 0.486 e. The summed E-state index contributed by atoms with van der Waals surface area (Å²) in [6.07, 6.45) is 0.0908. The van der Waals surface area contributed by atoms with Crippen LogP contribution in [0.25, 0.3) is 0 Å². The first-order chi connectivity index (χ1) is 11.2. The molecule has 1 aliphatic rings. The summed E-state index contributed by atoms with van der Waals surface area (Å²) in [5, 5.41) is 2.82. The number of hydrogen-bond donors (Lipinski definition) is 2. The van der Waals surface area contributed by atoms with Crippen LogP contribution in [0.4, 0.5) is 4.39 Å². The van der Waals surface area contributed by atoms with Crippen molar-refractivity contribution in [3.63, 3.8) is 0 Å². The standard InChI is InChI=1S/C18H27FN2O3.ClH/c1-5-23-15-10-18(20,17(15,3)4)16(22)21-11-12(2)24-14-9-7-6-8-13(14)19;/h6-9,12,15H,5,10-11,20H2,1-4H3,(H,21,22);1H. The maximum Gasteiger partial charge on any atom is 0.240 e. The van der Waals surface area contributed by atoms with Crippen LogP contribution in [0.2, 0.25) is 0 Å². The molecule has 1 fully saturated rings. The van der Waals surface area contributed by atoms with E-state index in [2.05, 4.69) is 5.32 Å². The topological polar surface area (TPSA) is 73.6 Å². The number of nitrogens with one attached hydrogen (secondary N) is 1. The van der Waals surface area contributed by atoms with Gasteiger partial charge in [-0.1, -0.05) is 26.0 Å². The molecular weight excluding hydrogens is 347 g/mol. The first kappa shape index (κ1) is 21.7. The predicted octanol–water partition coefficient (Wildman–Crippen LogP) is 2.66. The fraction of sp³-hybridized carbons (Fsp3) is 0.611. The summed E-state index contributed by atoms with van der Waals surface area (Å²) in [7, 11) is 0. The first-order valence-electron chi connectivity index (χ1n) is 8.32. The molecule has 0 heterocycles. The van der Waals surface area contributed by atoms with E-state index in [4.69, 9.17) is 15.2 Å². The Hall–Kier alpha value is -1.37. The SMILES string of the molecule is CCOC1CC(N)(C(=O)NCC(C)Oc2ccccc2F)C1(C)C.Cl. The number of hydrogen-bond acceptors (Lipinski definition) is 4. The number of ether oxygens (including phenoxy) is 2. The zero-order valence-electron chi connectivity index (χ0n) is 15.2. The molecule has 0 aliphatic heterocycles. The van der Waals surface area contributed by atoms with Gasteiger partial charge in [-0.3, -0.25) is 4.79 Å². The molecule has 3 atom stereocenters. The molecule has 1 aliphatic carbocycles. The molecular formula is C18H28ClFN2O3. The molecule has 3 N–H and O–H groups in total. The van der Waals surface area contributed by atoms with Crippen molar-refractivity contribution in [3.8, 4) is 5.75 Å². The van der Waals surface area contributed by atoms with Crippen molar-refractivity contribution in [2.45, 2.75) is 51.9 Å². The molecule has 0 aromatic heterocycles. The van der Waals surface area contributed by atoms with E-state index in [1.807, 2.05) is 20.8 Å². The molecule has 7 heteroatoms. The second-order valence-electron chi connectivity index (χ2n) is 6.91. The van der Waals surface area contributed by atoms with Crippen LogP contribution >= 0.6 is 12.4 Å². The highest BCUT2D eigenvalue weighted by molar-refractivity contribution is 5.88. The van der Waals surface area contributed by atoms with E-state index in [0.29, 0.717) is 13.0 Å². The van der Waals surface area contributed by atoms with E-state index in [1.165, 1.54) is 6.07 Å². The number of carbonyl (C=O) groups is 1. The molecule has 1 saturated carbocycles. The molecule has 0 radical (unpaired) electrons. The van der Waals surface area contributed by atoms with E-state index in [0.717, 1.165) is 0 Å². The summed E-state index contributed by atoms with van der Waals surface area (Å²) in [4.78, 5) is 12.5. The molecule has 0 saturated heterocycles. The number of rotatable bonds is 7. The van der Waals surface area contributed by atoms with Crippen LogP contribution < -0.4 is 15.8 Å². The highest BCUT2D eigenvalue weighted by Crippen LogP contribution is 2.49. The number of carbonyl (C=O) groups excluding carboxylic acids is 1. The summed E-state index contributed by atoms with van der Waals surface area (Å²) >= 11 is 0. The summed E-state index contributed by atoms with van der Waals surface area (Å²) in [6.45, 7) is 8.42. The summed E-state index contributed by atoms with van der Waals surface area (Å²) in [5.74, 6) is -0.486. The molecule has 0 spiro atoms. The van der Waals surface area contributed by atoms with E-state index in [-0.39, 0.29) is 42.8 Å². The second kappa shape index (κ2) is 8.34. The Bertz CT molecular complexity index is 599. The minimum absolute atomic E-state index is 0. The van der Waals surface area contributed by atoms with Gasteiger partial charge in [-0.2, -0.15) is 0 Å². The molecule has 2 rings (SSSR count). The minimum Gasteiger partial charge on any atom is -0.486 e. The average molecular weight is 375 g/mol. The maximum atomic E-state index is 13.6. The molecule has 5 nitrogen and oxygen atoms in total. The van der Waals surface area contributed by atoms with Gasteiger partial charge in [0.2, 0.25) is 5.91 Å². The second-order valence-corrected chi connectivity index (χ2v) is 6.91. The van der Waals surface area contributed by atoms with Gasteiger partial charge in [0.15, 0.2) is 11.6 Å². The lowest BCUT2D eigenvalue weighted by Gasteiger charge is -2.57. The quantitative estimate of drug-likeness (QED) is 0.769. The third kappa shape index (κ3) is 4.25. The highest BCUT2D eigenvalue weighted by Gasteiger charge is 2.62. The summed E-state index contributed by atoms with van der Waals surface area (Å²) in [6, 6.07) is 6.18. The van der Waals surface area contributed by atoms with Crippen LogP contribution in [0.3, 0.4) is 0 Å². The predicted molar refractivity (Wildman–Crippen MR) is 97.5 cm³/mol. The van der Waals surface area contributed by atoms with Crippen LogP contribution in [0.15, 0.2) is 24.3 Å². The molecule has 1 amide bonds. The molecule has 1 aromatic rings. The van der Waals surface area contributed by atoms with Crippen molar-refractivity contribution in [1.82, 2.24) is 5.32 Å². The van der Waals surface area contributed by atoms with Gasteiger partial charge < -0.3 is 20.5 Å². The van der Waals surface area contributed by atoms with Crippen LogP contribution in [-0.2, 0) is 9.53 Å². The number of para-hydroxylation sites is 1. The molecule has 0 bridgehead atoms. The minimum atomic E-state index is -0.968. The summed E-state index contributed by atoms with van der Waals surface area (Å²) < 4.78 is 24.7. The van der Waals surface area contributed by atoms with Crippen LogP contribution in [0.5, 0.6) is 5.75 Å². The van der Waals surface area contributed by atoms with Crippen molar-refractivity contribution in [2.24, 2.45) is 11.1 Å². The number of benzene rings is 1. The summed E-state index contributed by atoms with van der Waals surface area (Å²) in [5.41, 5.74) is 4.91. The maximum absolute atomic E-state index is 13.6. The van der Waals surface area contributed by atoms with Crippen LogP contribution in [-0.4, -0.2) is 36.8 Å². The van der Waals surface area contributed by atoms with Gasteiger partial charge in [0.05, 0.1) is 12.6 Å². The van der Waals surface area contributed by atoms with E-state index in [1.54, 1.807) is 25.1 Å². The van der Waals surface area contributed by atoms with Crippen LogP contribution in [0.1, 0.15) is 34.1 Å². The molecule has 1 aromatic carbocycles. The zero-order chi connectivity index (χ0) is 18.0. The monoisotopic (exact) mass is 374 g/mol. The Labute approximate surface area is 154 Å². The zero-order valence-corrected chi connectivity index (χ0v) is 16.0. The van der Waals surface area contributed by atoms with Gasteiger partial charge in [0, 0.05) is 18.4 Å². The van der Waals surface area contributed by atoms with Crippen molar-refractivity contribution in [2.75, 3.05) is 13.2 Å². The molecule has 25 heavy (non-hydrogen) atoms. The van der Waals surface area contributed by atoms with E-state index < -0.39 is 16.8 Å². The number of nitrogens with two attached hydrogens (primary N) is 1. The van der Waals surface area contributed by atoms with Crippen molar-refractivity contribution in [1.29, 1.82) is 0 Å². The Morgan fingerprint density at radius 1 is 1.44 bits per heavy atom. The fourth-order valence-electron chi connectivity index (χ4n) is 3.01. The lowest BCUT2D eigenvalue weighted by atomic mass is 9.54. The lowest BCUT2D eigenvalue weighted by molar-refractivity contribution is -0.170. The average Bonchev–Trinajstić information content (AvgIpc) is 2.54. The Morgan fingerprint density at radius 3 is 2.64 bits per heavy atom. The number of amides is 1. The number of halogens is 2. The first-order valence-corrected chi connectivity index (χ1v) is 8.32. The van der Waals surface area contributed by atoms with E-state index >= 15 is 0 Å². The van der Waals surface area contributed by atoms with Gasteiger partial charge in [-0.25, -0.2) is 4.39 Å². The highest BCUT2D eigenvalue weighted by atomic mass is 35.5. The Balaban J connectivity index is 0.00000312. The van der Waals surface area contributed by atoms with Gasteiger partial charge in [-0.05, 0) is 26.0 Å². The van der Waals surface area contributed by atoms with Crippen LogP contribution in [0, 0.1) is 11.2 Å². The molecule has 142 valence electrons. The normalized spacial score (nSPS) is 25.3. The molecule has 3 unspecified atom stereocenters. The van der Waals surface area contributed by atoms with Crippen molar-refractivity contribution >= 4 is 18.3 Å². The Kier molecular flexibility index (Phi) is 7.23. The lowest BCUT2D eigenvalue weighted by Crippen LogP contribution is -2.76. The van der Waals surface area contributed by atoms with Crippen molar-refractivity contribution < 1.29 is 18.7 Å². The van der Waals surface area contributed by atoms with Gasteiger partial charge >= 0.3 is 0 Å². The van der Waals surface area contributed by atoms with Gasteiger partial charge in [-0.15, -0.1) is 12.4 Å². The smallest absolute Gasteiger partial charge is 0.240 e. The third-order valence-corrected chi connectivity index (χ3v) is 4.95. The van der Waals surface area contributed by atoms with Gasteiger partial charge in [0.1, 0.15) is 11.6 Å². The Morgan fingerprint density at radius 2 is 2.08 bits per heavy atom. The van der Waals surface area contributed by atoms with Crippen molar-refractivity contribution in [3.05, 3.63) is 30.1 Å². The fourth-order valence-corrected chi connectivity index (χ4v) is 3.01.